The summed E-state index contributed by atoms with van der Waals surface area (Å²) in [5, 5.41) is 3.74. The van der Waals surface area contributed by atoms with Crippen LogP contribution in [0.3, 0.4) is 0 Å². The van der Waals surface area contributed by atoms with Gasteiger partial charge in [0.1, 0.15) is 0 Å². The molecule has 3 aromatic rings. The van der Waals surface area contributed by atoms with Crippen LogP contribution in [-0.4, -0.2) is 29.5 Å². The highest BCUT2D eigenvalue weighted by atomic mass is 35.5. The van der Waals surface area contributed by atoms with E-state index in [0.717, 1.165) is 0 Å². The summed E-state index contributed by atoms with van der Waals surface area (Å²) in [5.41, 5.74) is 1.40. The third-order valence-electron chi connectivity index (χ3n) is 3.93. The van der Waals surface area contributed by atoms with Crippen molar-refractivity contribution in [1.82, 2.24) is 4.57 Å². The molecule has 26 heavy (non-hydrogen) atoms. The number of anilines is 1. The van der Waals surface area contributed by atoms with Gasteiger partial charge >= 0.3 is 5.97 Å². The molecule has 7 heteroatoms. The Morgan fingerprint density at radius 3 is 2.50 bits per heavy atom. The fourth-order valence-corrected chi connectivity index (χ4v) is 2.88. The number of benzene rings is 2. The first-order chi connectivity index (χ1) is 12.4. The number of amides is 1. The first-order valence-corrected chi connectivity index (χ1v) is 8.10. The minimum absolute atomic E-state index is 0.238. The van der Waals surface area contributed by atoms with Crippen molar-refractivity contribution in [3.05, 3.63) is 64.8 Å². The van der Waals surface area contributed by atoms with Gasteiger partial charge in [0.2, 0.25) is 5.91 Å². The van der Waals surface area contributed by atoms with E-state index < -0.39 is 11.9 Å². The number of nitrogens with zero attached hydrogens (tertiary/aromatic N) is 1. The number of para-hydroxylation sites is 1. The van der Waals surface area contributed by atoms with Crippen molar-refractivity contribution >= 4 is 46.0 Å². The van der Waals surface area contributed by atoms with Crippen molar-refractivity contribution in [2.75, 3.05) is 12.4 Å². The van der Waals surface area contributed by atoms with Crippen LogP contribution in [-0.2, 0) is 4.74 Å². The van der Waals surface area contributed by atoms with Gasteiger partial charge in [-0.2, -0.15) is 0 Å². The molecule has 2 aromatic carbocycles. The van der Waals surface area contributed by atoms with Crippen molar-refractivity contribution < 1.29 is 19.1 Å². The van der Waals surface area contributed by atoms with Crippen LogP contribution < -0.4 is 5.32 Å². The van der Waals surface area contributed by atoms with E-state index in [2.05, 4.69) is 5.32 Å². The fourth-order valence-electron chi connectivity index (χ4n) is 2.71. The topological polar surface area (TPSA) is 77.4 Å². The van der Waals surface area contributed by atoms with Gasteiger partial charge in [-0.05, 0) is 24.3 Å². The molecular weight excluding hydrogens is 356 g/mol. The fraction of sp³-hybridized carbons (Fsp3) is 0.105. The highest BCUT2D eigenvalue weighted by Crippen LogP contribution is 2.26. The van der Waals surface area contributed by atoms with Gasteiger partial charge in [0.25, 0.3) is 5.91 Å². The number of rotatable bonds is 3. The van der Waals surface area contributed by atoms with E-state index in [1.165, 1.54) is 24.8 Å². The van der Waals surface area contributed by atoms with Gasteiger partial charge in [-0.1, -0.05) is 29.8 Å². The Hall–Kier alpha value is -3.12. The van der Waals surface area contributed by atoms with E-state index in [0.29, 0.717) is 27.2 Å². The van der Waals surface area contributed by atoms with Gasteiger partial charge in [-0.15, -0.1) is 0 Å². The zero-order valence-corrected chi connectivity index (χ0v) is 14.8. The number of fused-ring (bicyclic) bond motifs is 1. The molecule has 1 amide bonds. The molecule has 0 bridgehead atoms. The van der Waals surface area contributed by atoms with Gasteiger partial charge in [0.15, 0.2) is 0 Å². The van der Waals surface area contributed by atoms with Crippen LogP contribution in [0.2, 0.25) is 5.02 Å². The van der Waals surface area contributed by atoms with Gasteiger partial charge in [0.05, 0.1) is 29.4 Å². The Morgan fingerprint density at radius 1 is 1.08 bits per heavy atom. The molecule has 0 saturated heterocycles. The van der Waals surface area contributed by atoms with Crippen molar-refractivity contribution in [2.24, 2.45) is 0 Å². The van der Waals surface area contributed by atoms with Gasteiger partial charge in [-0.25, -0.2) is 4.79 Å². The molecule has 3 rings (SSSR count). The van der Waals surface area contributed by atoms with Crippen LogP contribution in [0.5, 0.6) is 0 Å². The number of methoxy groups -OCH3 is 1. The standard InChI is InChI=1S/C19H15ClN2O4/c1-11(23)22-10-15(13-8-7-12(20)9-17(13)22)18(24)21-16-6-4-3-5-14(16)19(25)26-2/h3-10H,1-2H3,(H,21,24). The summed E-state index contributed by atoms with van der Waals surface area (Å²) in [6, 6.07) is 11.5. The number of esters is 1. The molecule has 0 aliphatic carbocycles. The summed E-state index contributed by atoms with van der Waals surface area (Å²) in [7, 11) is 1.27. The normalized spacial score (nSPS) is 10.6. The molecule has 132 valence electrons. The average molecular weight is 371 g/mol. The van der Waals surface area contributed by atoms with E-state index in [9.17, 15) is 14.4 Å². The Kier molecular flexibility index (Phi) is 4.77. The molecule has 1 N–H and O–H groups in total. The Morgan fingerprint density at radius 2 is 1.81 bits per heavy atom. The summed E-state index contributed by atoms with van der Waals surface area (Å²) >= 11 is 6.01. The van der Waals surface area contributed by atoms with E-state index in [4.69, 9.17) is 16.3 Å². The summed E-state index contributed by atoms with van der Waals surface area (Å²) in [5.74, 6) is -1.25. The molecule has 0 radical (unpaired) electrons. The van der Waals surface area contributed by atoms with Crippen molar-refractivity contribution in [3.8, 4) is 0 Å². The zero-order chi connectivity index (χ0) is 18.8. The maximum Gasteiger partial charge on any atom is 0.339 e. The Balaban J connectivity index is 2.05. The molecule has 0 atom stereocenters. The summed E-state index contributed by atoms with van der Waals surface area (Å²) in [4.78, 5) is 36.5. The molecule has 6 nitrogen and oxygen atoms in total. The molecule has 0 unspecified atom stereocenters. The minimum Gasteiger partial charge on any atom is -0.465 e. The van der Waals surface area contributed by atoms with Crippen molar-refractivity contribution in [2.45, 2.75) is 6.92 Å². The smallest absolute Gasteiger partial charge is 0.339 e. The van der Waals surface area contributed by atoms with Crippen molar-refractivity contribution in [3.63, 3.8) is 0 Å². The average Bonchev–Trinajstić information content (AvgIpc) is 3.00. The second-order valence-corrected chi connectivity index (χ2v) is 6.02. The zero-order valence-electron chi connectivity index (χ0n) is 14.1. The number of ether oxygens (including phenoxy) is 1. The van der Waals surface area contributed by atoms with Gasteiger partial charge in [-0.3, -0.25) is 14.2 Å². The molecular formula is C19H15ClN2O4. The number of hydrogen-bond donors (Lipinski definition) is 1. The Bertz CT molecular complexity index is 1040. The SMILES string of the molecule is COC(=O)c1ccccc1NC(=O)c1cn(C(C)=O)c2cc(Cl)ccc12. The number of carbonyl (C=O) groups is 3. The second kappa shape index (κ2) is 7.01. The predicted molar refractivity (Wildman–Crippen MR) is 99.0 cm³/mol. The van der Waals surface area contributed by atoms with E-state index in [1.54, 1.807) is 42.5 Å². The molecule has 0 saturated carbocycles. The summed E-state index contributed by atoms with van der Waals surface area (Å²) < 4.78 is 6.09. The molecule has 0 fully saturated rings. The van der Waals surface area contributed by atoms with Crippen LogP contribution in [0.15, 0.2) is 48.7 Å². The molecule has 1 heterocycles. The number of aromatic nitrogens is 1. The van der Waals surface area contributed by atoms with E-state index in [-0.39, 0.29) is 11.5 Å². The quantitative estimate of drug-likeness (QED) is 0.707. The maximum atomic E-state index is 12.8. The lowest BCUT2D eigenvalue weighted by Gasteiger charge is -2.09. The van der Waals surface area contributed by atoms with Crippen LogP contribution in [0.1, 0.15) is 32.4 Å². The third-order valence-corrected chi connectivity index (χ3v) is 4.17. The molecule has 0 aliphatic rings. The van der Waals surface area contributed by atoms with Crippen LogP contribution in [0.4, 0.5) is 5.69 Å². The van der Waals surface area contributed by atoms with Gasteiger partial charge < -0.3 is 10.1 Å². The number of hydrogen-bond acceptors (Lipinski definition) is 4. The van der Waals surface area contributed by atoms with Crippen LogP contribution >= 0.6 is 11.6 Å². The van der Waals surface area contributed by atoms with Gasteiger partial charge in [0, 0.05) is 23.5 Å². The Labute approximate surface area is 154 Å². The number of carbonyl (C=O) groups excluding carboxylic acids is 3. The molecule has 1 aromatic heterocycles. The van der Waals surface area contributed by atoms with E-state index in [1.807, 2.05) is 0 Å². The largest absolute Gasteiger partial charge is 0.465 e. The lowest BCUT2D eigenvalue weighted by molar-refractivity contribution is 0.0601. The predicted octanol–water partition coefficient (Wildman–Crippen LogP) is 3.99. The monoisotopic (exact) mass is 370 g/mol. The second-order valence-electron chi connectivity index (χ2n) is 5.58. The first kappa shape index (κ1) is 17.7. The minimum atomic E-state index is -0.557. The summed E-state index contributed by atoms with van der Waals surface area (Å²) in [6.45, 7) is 1.40. The molecule has 0 aliphatic heterocycles. The lowest BCUT2D eigenvalue weighted by atomic mass is 10.1. The highest BCUT2D eigenvalue weighted by molar-refractivity contribution is 6.31. The highest BCUT2D eigenvalue weighted by Gasteiger charge is 2.19. The lowest BCUT2D eigenvalue weighted by Crippen LogP contribution is -2.15. The number of halogens is 1. The van der Waals surface area contributed by atoms with E-state index >= 15 is 0 Å². The summed E-state index contributed by atoms with van der Waals surface area (Å²) in [6.07, 6.45) is 1.46. The maximum absolute atomic E-state index is 12.8. The first-order valence-electron chi connectivity index (χ1n) is 7.72. The third kappa shape index (κ3) is 3.19. The molecule has 0 spiro atoms. The van der Waals surface area contributed by atoms with Crippen LogP contribution in [0.25, 0.3) is 10.9 Å². The number of nitrogens with one attached hydrogen (secondary N) is 1. The van der Waals surface area contributed by atoms with Crippen molar-refractivity contribution in [1.29, 1.82) is 0 Å². The van der Waals surface area contributed by atoms with Crippen LogP contribution in [0, 0.1) is 0 Å².